The molecule has 0 heterocycles. The van der Waals surface area contributed by atoms with Crippen molar-refractivity contribution < 1.29 is 4.39 Å². The lowest BCUT2D eigenvalue weighted by atomic mass is 9.96. The summed E-state index contributed by atoms with van der Waals surface area (Å²) in [5, 5.41) is 4.04. The van der Waals surface area contributed by atoms with Crippen LogP contribution in [-0.2, 0) is 0 Å². The Hall–Kier alpha value is -1.38. The van der Waals surface area contributed by atoms with Gasteiger partial charge in [0.2, 0.25) is 0 Å². The lowest BCUT2D eigenvalue weighted by Crippen LogP contribution is -2.24. The Morgan fingerprint density at radius 1 is 1.10 bits per heavy atom. The lowest BCUT2D eigenvalue weighted by molar-refractivity contribution is 0.542. The van der Waals surface area contributed by atoms with Crippen molar-refractivity contribution in [3.05, 3.63) is 70.0 Å². The number of rotatable bonds is 5. The maximum absolute atomic E-state index is 14.4. The van der Waals surface area contributed by atoms with E-state index in [0.29, 0.717) is 16.1 Å². The van der Waals surface area contributed by atoms with Crippen LogP contribution < -0.4 is 5.32 Å². The van der Waals surface area contributed by atoms with Gasteiger partial charge in [0.1, 0.15) is 5.82 Å². The molecule has 20 heavy (non-hydrogen) atoms. The molecular weight excluding hydrogens is 273 g/mol. The first-order valence-electron chi connectivity index (χ1n) is 6.88. The van der Waals surface area contributed by atoms with Gasteiger partial charge < -0.3 is 5.32 Å². The molecule has 1 nitrogen and oxygen atoms in total. The number of nitrogens with one attached hydrogen (secondary N) is 1. The summed E-state index contributed by atoms with van der Waals surface area (Å²) in [6.45, 7) is 4.68. The van der Waals surface area contributed by atoms with E-state index in [2.05, 4.69) is 12.2 Å². The zero-order valence-corrected chi connectivity index (χ0v) is 12.5. The van der Waals surface area contributed by atoms with E-state index >= 15 is 0 Å². The molecule has 1 unspecified atom stereocenters. The van der Waals surface area contributed by atoms with Gasteiger partial charge in [-0.25, -0.2) is 4.39 Å². The second kappa shape index (κ2) is 6.87. The molecule has 0 saturated carbocycles. The van der Waals surface area contributed by atoms with Crippen LogP contribution in [0.25, 0.3) is 0 Å². The van der Waals surface area contributed by atoms with Gasteiger partial charge >= 0.3 is 0 Å². The van der Waals surface area contributed by atoms with E-state index in [1.807, 2.05) is 36.4 Å². The molecule has 2 aromatic rings. The van der Waals surface area contributed by atoms with Gasteiger partial charge in [-0.3, -0.25) is 0 Å². The summed E-state index contributed by atoms with van der Waals surface area (Å²) in [5.41, 5.74) is 2.21. The summed E-state index contributed by atoms with van der Waals surface area (Å²) < 4.78 is 14.4. The highest BCUT2D eigenvalue weighted by Gasteiger charge is 2.20. The van der Waals surface area contributed by atoms with E-state index in [1.165, 1.54) is 0 Å². The van der Waals surface area contributed by atoms with Gasteiger partial charge in [-0.1, -0.05) is 54.9 Å². The van der Waals surface area contributed by atoms with Crippen molar-refractivity contribution in [1.82, 2.24) is 5.32 Å². The fraction of sp³-hybridized carbons (Fsp3) is 0.294. The Morgan fingerprint density at radius 3 is 2.50 bits per heavy atom. The monoisotopic (exact) mass is 291 g/mol. The Kier molecular flexibility index (Phi) is 5.16. The van der Waals surface area contributed by atoms with Crippen molar-refractivity contribution in [3.8, 4) is 0 Å². The topological polar surface area (TPSA) is 12.0 Å². The van der Waals surface area contributed by atoms with Crippen LogP contribution >= 0.6 is 11.6 Å². The molecule has 0 spiro atoms. The highest BCUT2D eigenvalue weighted by molar-refractivity contribution is 6.31. The first-order chi connectivity index (χ1) is 9.65. The maximum atomic E-state index is 14.4. The van der Waals surface area contributed by atoms with E-state index in [1.54, 1.807) is 13.0 Å². The third-order valence-electron chi connectivity index (χ3n) is 3.35. The molecule has 0 radical (unpaired) electrons. The second-order valence-corrected chi connectivity index (χ2v) is 5.29. The minimum absolute atomic E-state index is 0.166. The van der Waals surface area contributed by atoms with E-state index in [9.17, 15) is 4.39 Å². The standard InChI is InChI=1S/C17H19ClFN/c1-3-11-20-17(13-8-4-5-10-15(13)18)14-9-6-7-12(2)16(14)19/h4-10,17,20H,3,11H2,1-2H3. The van der Waals surface area contributed by atoms with Crippen molar-refractivity contribution in [2.75, 3.05) is 6.54 Å². The van der Waals surface area contributed by atoms with Gasteiger partial charge in [0.05, 0.1) is 6.04 Å². The van der Waals surface area contributed by atoms with Gasteiger partial charge in [-0.15, -0.1) is 0 Å². The van der Waals surface area contributed by atoms with Crippen molar-refractivity contribution in [3.63, 3.8) is 0 Å². The number of halogens is 2. The summed E-state index contributed by atoms with van der Waals surface area (Å²) in [5.74, 6) is -0.166. The fourth-order valence-corrected chi connectivity index (χ4v) is 2.52. The SMILES string of the molecule is CCCNC(c1ccccc1Cl)c1cccc(C)c1F. The van der Waals surface area contributed by atoms with Gasteiger partial charge in [0, 0.05) is 10.6 Å². The van der Waals surface area contributed by atoms with Crippen LogP contribution in [0, 0.1) is 12.7 Å². The summed E-state index contributed by atoms with van der Waals surface area (Å²) in [4.78, 5) is 0. The van der Waals surface area contributed by atoms with Crippen LogP contribution in [0.2, 0.25) is 5.02 Å². The first-order valence-corrected chi connectivity index (χ1v) is 7.25. The third kappa shape index (κ3) is 3.20. The molecule has 2 aromatic carbocycles. The Morgan fingerprint density at radius 2 is 1.80 bits per heavy atom. The molecule has 0 fully saturated rings. The molecule has 0 bridgehead atoms. The average Bonchev–Trinajstić information content (AvgIpc) is 2.45. The van der Waals surface area contributed by atoms with Crippen LogP contribution in [0.3, 0.4) is 0 Å². The number of aryl methyl sites for hydroxylation is 1. The lowest BCUT2D eigenvalue weighted by Gasteiger charge is -2.22. The minimum Gasteiger partial charge on any atom is -0.306 e. The largest absolute Gasteiger partial charge is 0.306 e. The quantitative estimate of drug-likeness (QED) is 0.828. The first kappa shape index (κ1) is 15.0. The van der Waals surface area contributed by atoms with Gasteiger partial charge in [-0.2, -0.15) is 0 Å². The molecule has 1 atom stereocenters. The summed E-state index contributed by atoms with van der Waals surface area (Å²) in [7, 11) is 0. The Labute approximate surface area is 124 Å². The van der Waals surface area contributed by atoms with Crippen molar-refractivity contribution in [2.45, 2.75) is 26.3 Å². The third-order valence-corrected chi connectivity index (χ3v) is 3.69. The minimum atomic E-state index is -0.219. The van der Waals surface area contributed by atoms with Crippen molar-refractivity contribution >= 4 is 11.6 Å². The predicted molar refractivity (Wildman–Crippen MR) is 82.7 cm³/mol. The van der Waals surface area contributed by atoms with Crippen LogP contribution in [0.1, 0.15) is 36.1 Å². The molecule has 1 N–H and O–H groups in total. The van der Waals surface area contributed by atoms with Gasteiger partial charge in [0.15, 0.2) is 0 Å². The fourth-order valence-electron chi connectivity index (χ4n) is 2.28. The summed E-state index contributed by atoms with van der Waals surface area (Å²) >= 11 is 6.28. The molecule has 0 aliphatic heterocycles. The maximum Gasteiger partial charge on any atom is 0.131 e. The Bertz CT molecular complexity index is 583. The van der Waals surface area contributed by atoms with E-state index in [0.717, 1.165) is 18.5 Å². The van der Waals surface area contributed by atoms with E-state index < -0.39 is 0 Å². The molecule has 2 rings (SSSR count). The van der Waals surface area contributed by atoms with E-state index in [4.69, 9.17) is 11.6 Å². The zero-order chi connectivity index (χ0) is 14.5. The average molecular weight is 292 g/mol. The molecule has 0 saturated heterocycles. The molecule has 0 aliphatic rings. The summed E-state index contributed by atoms with van der Waals surface area (Å²) in [6.07, 6.45) is 0.981. The molecule has 0 aliphatic carbocycles. The van der Waals surface area contributed by atoms with E-state index in [-0.39, 0.29) is 11.9 Å². The zero-order valence-electron chi connectivity index (χ0n) is 11.8. The van der Waals surface area contributed by atoms with Gasteiger partial charge in [0.25, 0.3) is 0 Å². The van der Waals surface area contributed by atoms with Crippen molar-refractivity contribution in [1.29, 1.82) is 0 Å². The second-order valence-electron chi connectivity index (χ2n) is 4.89. The van der Waals surface area contributed by atoms with Crippen LogP contribution in [0.5, 0.6) is 0 Å². The molecule has 106 valence electrons. The smallest absolute Gasteiger partial charge is 0.131 e. The van der Waals surface area contributed by atoms with Gasteiger partial charge in [-0.05, 0) is 37.1 Å². The summed E-state index contributed by atoms with van der Waals surface area (Å²) in [6, 6.07) is 12.9. The normalized spacial score (nSPS) is 12.4. The predicted octanol–water partition coefficient (Wildman–Crippen LogP) is 4.88. The molecule has 0 amide bonds. The van der Waals surface area contributed by atoms with Crippen molar-refractivity contribution in [2.24, 2.45) is 0 Å². The molecule has 0 aromatic heterocycles. The van der Waals surface area contributed by atoms with Crippen LogP contribution in [0.4, 0.5) is 4.39 Å². The number of hydrogen-bond donors (Lipinski definition) is 1. The molecular formula is C17H19ClFN. The Balaban J connectivity index is 2.47. The number of hydrogen-bond acceptors (Lipinski definition) is 1. The highest BCUT2D eigenvalue weighted by Crippen LogP contribution is 2.30. The molecule has 3 heteroatoms. The van der Waals surface area contributed by atoms with Crippen LogP contribution in [0.15, 0.2) is 42.5 Å². The highest BCUT2D eigenvalue weighted by atomic mass is 35.5. The van der Waals surface area contributed by atoms with Crippen LogP contribution in [-0.4, -0.2) is 6.54 Å². The number of benzene rings is 2.